The van der Waals surface area contributed by atoms with Crippen LogP contribution in [0, 0.1) is 0 Å². The molecule has 1 aromatic heterocycles. The Balaban J connectivity index is 1.74. The quantitative estimate of drug-likeness (QED) is 0.441. The molecule has 5 heteroatoms. The molecule has 0 saturated heterocycles. The molecule has 4 nitrogen and oxygen atoms in total. The number of fused-ring (bicyclic) bond motifs is 3. The number of hydrogen-bond donors (Lipinski definition) is 1. The van der Waals surface area contributed by atoms with E-state index in [1.165, 1.54) is 0 Å². The molecule has 0 fully saturated rings. The Morgan fingerprint density at radius 2 is 1.41 bits per heavy atom. The summed E-state index contributed by atoms with van der Waals surface area (Å²) in [5.74, 6) is -1.95. The monoisotopic (exact) mass is 417 g/mol. The van der Waals surface area contributed by atoms with Crippen molar-refractivity contribution in [1.29, 1.82) is 0 Å². The molecule has 0 aliphatic heterocycles. The number of benzene rings is 3. The Labute approximate surface area is 162 Å². The highest BCUT2D eigenvalue weighted by molar-refractivity contribution is 9.10. The van der Waals surface area contributed by atoms with E-state index < -0.39 is 5.92 Å². The topological polar surface area (TPSA) is 67.3 Å². The summed E-state index contributed by atoms with van der Waals surface area (Å²) in [7, 11) is 0. The third kappa shape index (κ3) is 2.25. The first-order chi connectivity index (χ1) is 13.1. The molecule has 0 radical (unpaired) electrons. The standard InChI is InChI=1S/C22H12BrNO3/c23-18-13-7-3-4-8-16(13)24-19(22(18)27)17-20(25)14-9-11-5-1-2-6-12(11)10-15(14)21(17)26/h1-10,17,27H. The molecule has 130 valence electrons. The molecule has 0 bridgehead atoms. The molecule has 3 aromatic carbocycles. The minimum atomic E-state index is -1.13. The molecule has 1 aliphatic rings. The first-order valence-corrected chi connectivity index (χ1v) is 9.24. The van der Waals surface area contributed by atoms with Crippen molar-refractivity contribution in [3.63, 3.8) is 0 Å². The fourth-order valence-electron chi connectivity index (χ4n) is 3.71. The molecular formula is C22H12BrNO3. The van der Waals surface area contributed by atoms with Gasteiger partial charge >= 0.3 is 0 Å². The Hall–Kier alpha value is -3.05. The average Bonchev–Trinajstić information content (AvgIpc) is 2.93. The molecule has 5 rings (SSSR count). The Morgan fingerprint density at radius 1 is 0.852 bits per heavy atom. The van der Waals surface area contributed by atoms with E-state index in [9.17, 15) is 14.7 Å². The molecule has 1 N–H and O–H groups in total. The lowest BCUT2D eigenvalue weighted by Gasteiger charge is -2.12. The van der Waals surface area contributed by atoms with Gasteiger partial charge in [-0.2, -0.15) is 0 Å². The Bertz CT molecular complexity index is 1240. The normalized spacial score (nSPS) is 14.3. The van der Waals surface area contributed by atoms with Crippen LogP contribution in [0.15, 0.2) is 65.1 Å². The number of aromatic hydroxyl groups is 1. The van der Waals surface area contributed by atoms with Crippen LogP contribution in [0.4, 0.5) is 0 Å². The third-order valence-electron chi connectivity index (χ3n) is 5.05. The van der Waals surface area contributed by atoms with E-state index in [4.69, 9.17) is 0 Å². The average molecular weight is 418 g/mol. The minimum Gasteiger partial charge on any atom is -0.505 e. The molecule has 0 saturated carbocycles. The van der Waals surface area contributed by atoms with E-state index in [2.05, 4.69) is 20.9 Å². The van der Waals surface area contributed by atoms with Crippen LogP contribution in [0.1, 0.15) is 32.3 Å². The number of carbonyl (C=O) groups excluding carboxylic acids is 2. The predicted octanol–water partition coefficient (Wildman–Crippen LogP) is 5.02. The van der Waals surface area contributed by atoms with Crippen LogP contribution in [-0.4, -0.2) is 21.7 Å². The van der Waals surface area contributed by atoms with Gasteiger partial charge in [0.2, 0.25) is 0 Å². The molecule has 27 heavy (non-hydrogen) atoms. The number of ketones is 2. The third-order valence-corrected chi connectivity index (χ3v) is 5.85. The molecule has 1 heterocycles. The van der Waals surface area contributed by atoms with Gasteiger partial charge in [0, 0.05) is 16.5 Å². The predicted molar refractivity (Wildman–Crippen MR) is 106 cm³/mol. The molecule has 0 amide bonds. The van der Waals surface area contributed by atoms with E-state index in [-0.39, 0.29) is 23.0 Å². The second-order valence-corrected chi connectivity index (χ2v) is 7.38. The molecule has 0 atom stereocenters. The highest BCUT2D eigenvalue weighted by Gasteiger charge is 2.42. The van der Waals surface area contributed by atoms with E-state index in [1.807, 2.05) is 42.5 Å². The maximum atomic E-state index is 13.1. The smallest absolute Gasteiger partial charge is 0.180 e. The number of Topliss-reactive ketones (excluding diaryl/α,β-unsaturated/α-hetero) is 2. The fraction of sp³-hybridized carbons (Fsp3) is 0.0455. The number of pyridine rings is 1. The Morgan fingerprint density at radius 3 is 2.04 bits per heavy atom. The van der Waals surface area contributed by atoms with Crippen molar-refractivity contribution < 1.29 is 14.7 Å². The number of halogens is 1. The van der Waals surface area contributed by atoms with Crippen molar-refractivity contribution in [2.45, 2.75) is 5.92 Å². The van der Waals surface area contributed by atoms with Gasteiger partial charge in [0.1, 0.15) is 11.6 Å². The molecule has 4 aromatic rings. The van der Waals surface area contributed by atoms with Gasteiger partial charge in [-0.15, -0.1) is 0 Å². The zero-order valence-electron chi connectivity index (χ0n) is 13.9. The lowest BCUT2D eigenvalue weighted by Crippen LogP contribution is -2.15. The second-order valence-electron chi connectivity index (χ2n) is 6.58. The van der Waals surface area contributed by atoms with Crippen molar-refractivity contribution in [1.82, 2.24) is 4.98 Å². The Kier molecular flexibility index (Phi) is 3.42. The van der Waals surface area contributed by atoms with Crippen LogP contribution in [0.5, 0.6) is 5.75 Å². The van der Waals surface area contributed by atoms with Crippen LogP contribution in [0.2, 0.25) is 0 Å². The number of carbonyl (C=O) groups is 2. The highest BCUT2D eigenvalue weighted by atomic mass is 79.9. The SMILES string of the molecule is O=C1c2cc3ccccc3cc2C(=O)C1c1nc2ccccc2c(Br)c1O. The highest BCUT2D eigenvalue weighted by Crippen LogP contribution is 2.42. The lowest BCUT2D eigenvalue weighted by molar-refractivity contribution is 0.0886. The van der Waals surface area contributed by atoms with Crippen molar-refractivity contribution in [2.24, 2.45) is 0 Å². The van der Waals surface area contributed by atoms with Gasteiger partial charge in [0.05, 0.1) is 9.99 Å². The molecule has 0 unspecified atom stereocenters. The largest absolute Gasteiger partial charge is 0.505 e. The summed E-state index contributed by atoms with van der Waals surface area (Å²) in [6.45, 7) is 0. The van der Waals surface area contributed by atoms with Crippen LogP contribution >= 0.6 is 15.9 Å². The summed E-state index contributed by atoms with van der Waals surface area (Å²) in [5.41, 5.74) is 1.47. The van der Waals surface area contributed by atoms with Crippen molar-refractivity contribution >= 4 is 49.2 Å². The van der Waals surface area contributed by atoms with Gasteiger partial charge in [-0.3, -0.25) is 9.59 Å². The van der Waals surface area contributed by atoms with Gasteiger partial charge in [-0.05, 0) is 44.9 Å². The van der Waals surface area contributed by atoms with E-state index in [0.29, 0.717) is 21.1 Å². The van der Waals surface area contributed by atoms with E-state index in [0.717, 1.165) is 16.2 Å². The van der Waals surface area contributed by atoms with E-state index in [1.54, 1.807) is 18.2 Å². The zero-order chi connectivity index (χ0) is 18.7. The lowest BCUT2D eigenvalue weighted by atomic mass is 9.97. The van der Waals surface area contributed by atoms with Gasteiger partial charge in [0.25, 0.3) is 0 Å². The number of nitrogens with zero attached hydrogens (tertiary/aromatic N) is 1. The summed E-state index contributed by atoms with van der Waals surface area (Å²) in [4.78, 5) is 30.6. The summed E-state index contributed by atoms with van der Waals surface area (Å²) < 4.78 is 0.435. The number of rotatable bonds is 1. The number of aromatic nitrogens is 1. The van der Waals surface area contributed by atoms with Gasteiger partial charge in [-0.25, -0.2) is 4.98 Å². The number of hydrogen-bond acceptors (Lipinski definition) is 4. The van der Waals surface area contributed by atoms with Gasteiger partial charge < -0.3 is 5.11 Å². The first kappa shape index (κ1) is 16.1. The summed E-state index contributed by atoms with van der Waals surface area (Å²) >= 11 is 3.38. The molecule has 1 aliphatic carbocycles. The summed E-state index contributed by atoms with van der Waals surface area (Å²) in [5, 5.41) is 13.2. The maximum Gasteiger partial charge on any atom is 0.180 e. The van der Waals surface area contributed by atoms with Crippen LogP contribution in [0.25, 0.3) is 21.7 Å². The van der Waals surface area contributed by atoms with Crippen molar-refractivity contribution in [3.8, 4) is 5.75 Å². The van der Waals surface area contributed by atoms with Gasteiger partial charge in [-0.1, -0.05) is 42.5 Å². The first-order valence-electron chi connectivity index (χ1n) is 8.44. The zero-order valence-corrected chi connectivity index (χ0v) is 15.5. The summed E-state index contributed by atoms with van der Waals surface area (Å²) in [6, 6.07) is 18.3. The van der Waals surface area contributed by atoms with Crippen molar-refractivity contribution in [3.05, 3.63) is 82.0 Å². The van der Waals surface area contributed by atoms with Crippen LogP contribution in [0.3, 0.4) is 0 Å². The van der Waals surface area contributed by atoms with Crippen molar-refractivity contribution in [2.75, 3.05) is 0 Å². The fourth-order valence-corrected chi connectivity index (χ4v) is 4.25. The van der Waals surface area contributed by atoms with E-state index >= 15 is 0 Å². The maximum absolute atomic E-state index is 13.1. The number of para-hydroxylation sites is 1. The minimum absolute atomic E-state index is 0.0934. The molecular weight excluding hydrogens is 406 g/mol. The second kappa shape index (κ2) is 5.72. The van der Waals surface area contributed by atoms with Crippen LogP contribution < -0.4 is 0 Å². The summed E-state index contributed by atoms with van der Waals surface area (Å²) in [6.07, 6.45) is 0. The molecule has 0 spiro atoms. The van der Waals surface area contributed by atoms with Gasteiger partial charge in [0.15, 0.2) is 17.3 Å². The van der Waals surface area contributed by atoms with Crippen LogP contribution in [-0.2, 0) is 0 Å².